The van der Waals surface area contributed by atoms with Crippen molar-refractivity contribution >= 4 is 69.5 Å². The number of rotatable bonds is 13. The van der Waals surface area contributed by atoms with Gasteiger partial charge in [0, 0.05) is 35.4 Å². The lowest BCUT2D eigenvalue weighted by Gasteiger charge is -2.34. The minimum absolute atomic E-state index is 0.0998. The number of hydrogen-bond donors (Lipinski definition) is 0. The van der Waals surface area contributed by atoms with Gasteiger partial charge in [0.1, 0.15) is 0 Å². The van der Waals surface area contributed by atoms with Gasteiger partial charge >= 0.3 is 0 Å². The van der Waals surface area contributed by atoms with Gasteiger partial charge in [-0.1, -0.05) is 121 Å². The van der Waals surface area contributed by atoms with Crippen molar-refractivity contribution in [2.24, 2.45) is 0 Å². The van der Waals surface area contributed by atoms with Crippen molar-refractivity contribution < 1.29 is 19.4 Å². The molecule has 0 radical (unpaired) electrons. The molecule has 0 bridgehead atoms. The number of non-ortho nitro benzene ring substituents is 2. The van der Waals surface area contributed by atoms with Crippen LogP contribution in [0.15, 0.2) is 170 Å². The summed E-state index contributed by atoms with van der Waals surface area (Å²) in [7, 11) is 0. The van der Waals surface area contributed by atoms with E-state index in [4.69, 9.17) is 0 Å². The standard InChI is InChI=1S/C42H34N2O6P2/c45-41(33-21-25-35(26-22-33)43(47)48)31-51(37-13-5-1-6-14-37,38-15-7-2-8-16-38)29-30-52(39-17-9-3-10-18-39,40-19-11-4-12-20-40)32-42(46)34-23-27-36(28-24-34)44(49)50/h1-28,31-32H,29-30H2. The van der Waals surface area contributed by atoms with E-state index < -0.39 is 23.6 Å². The van der Waals surface area contributed by atoms with E-state index in [2.05, 4.69) is 0 Å². The molecule has 0 saturated heterocycles. The van der Waals surface area contributed by atoms with Crippen molar-refractivity contribution in [3.8, 4) is 0 Å². The van der Waals surface area contributed by atoms with Crippen molar-refractivity contribution in [3.05, 3.63) is 201 Å². The first-order chi connectivity index (χ1) is 25.2. The monoisotopic (exact) mass is 724 g/mol. The molecule has 0 aliphatic heterocycles. The maximum absolute atomic E-state index is 14.3. The molecule has 6 aromatic rings. The topological polar surface area (TPSA) is 120 Å². The number of nitro groups is 2. The van der Waals surface area contributed by atoms with E-state index in [1.165, 1.54) is 48.5 Å². The maximum Gasteiger partial charge on any atom is 0.269 e. The summed E-state index contributed by atoms with van der Waals surface area (Å²) in [6.07, 6.45) is 1.03. The molecule has 0 unspecified atom stereocenters. The zero-order valence-electron chi connectivity index (χ0n) is 28.0. The highest BCUT2D eigenvalue weighted by Crippen LogP contribution is 2.52. The highest BCUT2D eigenvalue weighted by atomic mass is 31.2. The van der Waals surface area contributed by atoms with Gasteiger partial charge in [-0.3, -0.25) is 29.8 Å². The van der Waals surface area contributed by atoms with E-state index in [9.17, 15) is 29.8 Å². The van der Waals surface area contributed by atoms with Gasteiger partial charge in [0.2, 0.25) is 0 Å². The molecule has 0 atom stereocenters. The van der Waals surface area contributed by atoms with E-state index in [1.807, 2.05) is 133 Å². The average molecular weight is 725 g/mol. The number of benzene rings is 6. The molecule has 0 fully saturated rings. The fraction of sp³-hybridized carbons (Fsp3) is 0.0476. The number of carbonyl (C=O) groups is 2. The van der Waals surface area contributed by atoms with Crippen LogP contribution in [0.3, 0.4) is 0 Å². The molecular formula is C42H34N2O6P2. The van der Waals surface area contributed by atoms with Crippen LogP contribution in [-0.4, -0.2) is 45.3 Å². The number of Topliss-reactive ketones (excluding diaryl/α,β-unsaturated/α-hetero) is 2. The first-order valence-electron chi connectivity index (χ1n) is 16.5. The van der Waals surface area contributed by atoms with Crippen LogP contribution in [0.4, 0.5) is 11.4 Å². The summed E-state index contributed by atoms with van der Waals surface area (Å²) in [5.41, 5.74) is 0.484. The van der Waals surface area contributed by atoms with E-state index in [0.717, 1.165) is 21.2 Å². The van der Waals surface area contributed by atoms with Crippen LogP contribution in [0.2, 0.25) is 0 Å². The van der Waals surface area contributed by atoms with Crippen molar-refractivity contribution in [1.29, 1.82) is 0 Å². The Morgan fingerprint density at radius 3 is 0.904 bits per heavy atom. The molecule has 258 valence electrons. The van der Waals surface area contributed by atoms with Crippen molar-refractivity contribution in [2.45, 2.75) is 0 Å². The average Bonchev–Trinajstić information content (AvgIpc) is 3.20. The molecule has 0 aromatic heterocycles. The smallest absolute Gasteiger partial charge is 0.269 e. The van der Waals surface area contributed by atoms with Crippen LogP contribution in [0, 0.1) is 20.2 Å². The lowest BCUT2D eigenvalue weighted by Crippen LogP contribution is -2.29. The van der Waals surface area contributed by atoms with Gasteiger partial charge in [-0.15, -0.1) is 0 Å². The highest BCUT2D eigenvalue weighted by molar-refractivity contribution is 7.92. The van der Waals surface area contributed by atoms with Crippen LogP contribution >= 0.6 is 13.8 Å². The number of hydrogen-bond acceptors (Lipinski definition) is 6. The fourth-order valence-corrected chi connectivity index (χ4v) is 15.3. The van der Waals surface area contributed by atoms with Crippen LogP contribution in [-0.2, 0) is 0 Å². The van der Waals surface area contributed by atoms with E-state index >= 15 is 0 Å². The van der Waals surface area contributed by atoms with Gasteiger partial charge in [-0.25, -0.2) is 0 Å². The third-order valence-electron chi connectivity index (χ3n) is 9.07. The summed E-state index contributed by atoms with van der Waals surface area (Å²) in [6.45, 7) is -5.42. The van der Waals surface area contributed by atoms with Crippen molar-refractivity contribution in [3.63, 3.8) is 0 Å². The molecule has 0 N–H and O–H groups in total. The Kier molecular flexibility index (Phi) is 11.0. The molecule has 8 nitrogen and oxygen atoms in total. The van der Waals surface area contributed by atoms with Gasteiger partial charge in [-0.05, 0) is 83.2 Å². The van der Waals surface area contributed by atoms with Crippen LogP contribution < -0.4 is 21.2 Å². The van der Waals surface area contributed by atoms with Gasteiger partial charge in [0.15, 0.2) is 11.6 Å². The Bertz CT molecular complexity index is 2070. The number of nitrogens with zero attached hydrogens (tertiary/aromatic N) is 2. The second-order valence-electron chi connectivity index (χ2n) is 12.1. The van der Waals surface area contributed by atoms with E-state index in [1.54, 1.807) is 0 Å². The lowest BCUT2D eigenvalue weighted by atomic mass is 10.1. The Labute approximate surface area is 301 Å². The summed E-state index contributed by atoms with van der Waals surface area (Å²) >= 11 is 0. The van der Waals surface area contributed by atoms with Crippen LogP contribution in [0.5, 0.6) is 0 Å². The van der Waals surface area contributed by atoms with Gasteiger partial charge in [0.05, 0.1) is 9.85 Å². The molecule has 0 spiro atoms. The third kappa shape index (κ3) is 7.69. The maximum atomic E-state index is 14.3. The second kappa shape index (κ2) is 15.9. The summed E-state index contributed by atoms with van der Waals surface area (Å²) < 4.78 is 0. The zero-order chi connectivity index (χ0) is 36.6. The van der Waals surface area contributed by atoms with Crippen molar-refractivity contribution in [2.75, 3.05) is 12.3 Å². The third-order valence-corrected chi connectivity index (χ3v) is 17.5. The molecular weight excluding hydrogens is 690 g/mol. The van der Waals surface area contributed by atoms with Crippen molar-refractivity contribution in [1.82, 2.24) is 0 Å². The first kappa shape index (κ1) is 35.9. The summed E-state index contributed by atoms with van der Waals surface area (Å²) in [5, 5.41) is 26.7. The first-order valence-corrected chi connectivity index (χ1v) is 20.6. The van der Waals surface area contributed by atoms with Gasteiger partial charge < -0.3 is 0 Å². The molecule has 52 heavy (non-hydrogen) atoms. The van der Waals surface area contributed by atoms with Crippen LogP contribution in [0.25, 0.3) is 0 Å². The Morgan fingerprint density at radius 1 is 0.423 bits per heavy atom. The Hall–Kier alpha value is -5.94. The molecule has 0 heterocycles. The van der Waals surface area contributed by atoms with Gasteiger partial charge in [-0.2, -0.15) is 0 Å². The van der Waals surface area contributed by atoms with E-state index in [-0.39, 0.29) is 22.9 Å². The molecule has 0 amide bonds. The molecule has 0 aliphatic carbocycles. The predicted molar refractivity (Wildman–Crippen MR) is 215 cm³/mol. The number of carbonyl (C=O) groups excluding carboxylic acids is 2. The molecule has 6 aromatic carbocycles. The molecule has 6 rings (SSSR count). The number of nitro benzene ring substituents is 2. The molecule has 0 saturated carbocycles. The minimum atomic E-state index is -2.71. The molecule has 10 heteroatoms. The van der Waals surface area contributed by atoms with E-state index in [0.29, 0.717) is 23.5 Å². The normalized spacial score (nSPS) is 11.3. The highest BCUT2D eigenvalue weighted by Gasteiger charge is 2.31. The number of ketones is 2. The van der Waals surface area contributed by atoms with Crippen LogP contribution in [0.1, 0.15) is 20.7 Å². The quantitative estimate of drug-likeness (QED) is 0.0527. The zero-order valence-corrected chi connectivity index (χ0v) is 29.8. The summed E-state index contributed by atoms with van der Waals surface area (Å²) in [4.78, 5) is 50.3. The lowest BCUT2D eigenvalue weighted by molar-refractivity contribution is -0.385. The largest absolute Gasteiger partial charge is 0.289 e. The fourth-order valence-electron chi connectivity index (χ4n) is 6.38. The Balaban J connectivity index is 1.60. The SMILES string of the molecule is O=C(C=P(CCP(=CC(=O)c1ccc([N+](=O)[O-])cc1)(c1ccccc1)c1ccccc1)(c1ccccc1)c1ccccc1)c1ccc([N+](=O)[O-])cc1. The molecule has 0 aliphatic rings. The van der Waals surface area contributed by atoms with Gasteiger partial charge in [0.25, 0.3) is 11.4 Å². The summed E-state index contributed by atoms with van der Waals surface area (Å²) in [6, 6.07) is 51.0. The minimum Gasteiger partial charge on any atom is -0.289 e. The predicted octanol–water partition coefficient (Wildman–Crippen LogP) is 7.51. The Morgan fingerprint density at radius 2 is 0.673 bits per heavy atom. The summed E-state index contributed by atoms with van der Waals surface area (Å²) in [5.74, 6) is 3.15. The second-order valence-corrected chi connectivity index (χ2v) is 19.1.